The Balaban J connectivity index is 0.000000207. The van der Waals surface area contributed by atoms with Crippen molar-refractivity contribution < 1.29 is 10.0 Å². The Bertz CT molecular complexity index is 722. The SMILES string of the molecule is Cc1c(Br)cncc1Br.Cc1c(Br)cncc1C1CC1.N.OB(O)C1CC1. The third kappa shape index (κ3) is 8.29. The van der Waals surface area contributed by atoms with Gasteiger partial charge in [0, 0.05) is 38.2 Å². The monoisotopic (exact) mass is 563 g/mol. The normalized spacial score (nSPS) is 14.8. The van der Waals surface area contributed by atoms with Crippen LogP contribution in [0.4, 0.5) is 0 Å². The van der Waals surface area contributed by atoms with Crippen molar-refractivity contribution in [3.8, 4) is 0 Å². The predicted molar refractivity (Wildman–Crippen MR) is 121 cm³/mol. The smallest absolute Gasteiger partial charge is 0.427 e. The molecule has 4 rings (SSSR count). The second-order valence-corrected chi connectivity index (χ2v) is 9.15. The van der Waals surface area contributed by atoms with Crippen LogP contribution < -0.4 is 6.15 Å². The molecule has 2 saturated carbocycles. The lowest BCUT2D eigenvalue weighted by Crippen LogP contribution is -2.09. The van der Waals surface area contributed by atoms with Crippen LogP contribution in [-0.4, -0.2) is 27.1 Å². The highest BCUT2D eigenvalue weighted by Gasteiger charge is 2.33. The molecule has 2 fully saturated rings. The molecule has 0 bridgehead atoms. The first kappa shape index (κ1) is 24.7. The molecule has 2 aromatic heterocycles. The van der Waals surface area contributed by atoms with E-state index in [0.717, 1.165) is 32.2 Å². The first-order valence-corrected chi connectivity index (χ1v) is 10.9. The lowest BCUT2D eigenvalue weighted by Gasteiger charge is -2.03. The standard InChI is InChI=1S/C9H10BrN.C6H5Br2N.C3H7BO2.H3N/c1-6-8(7-2-3-7)4-11-5-9(6)10;1-4-5(7)2-9-3-6(4)8;5-4(6)3-1-2-3;/h4-5,7H,2-3H2,1H3;2-3H,1H3;3,5-6H,1-2H2;1H3. The predicted octanol–water partition coefficient (Wildman–Crippen LogP) is 5.73. The van der Waals surface area contributed by atoms with E-state index in [2.05, 4.69) is 64.7 Å². The molecule has 2 heterocycles. The maximum absolute atomic E-state index is 8.25. The summed E-state index contributed by atoms with van der Waals surface area (Å²) < 4.78 is 3.22. The van der Waals surface area contributed by atoms with Crippen LogP contribution >= 0.6 is 47.8 Å². The van der Waals surface area contributed by atoms with Gasteiger partial charge in [0.05, 0.1) is 0 Å². The summed E-state index contributed by atoms with van der Waals surface area (Å²) in [6.45, 7) is 4.18. The van der Waals surface area contributed by atoms with Gasteiger partial charge in [0.1, 0.15) is 0 Å². The molecule has 0 spiro atoms. The fraction of sp³-hybridized carbons (Fsp3) is 0.444. The summed E-state index contributed by atoms with van der Waals surface area (Å²) in [6, 6.07) is 0. The molecule has 9 heteroatoms. The summed E-state index contributed by atoms with van der Waals surface area (Å²) >= 11 is 10.2. The molecule has 0 unspecified atom stereocenters. The van der Waals surface area contributed by atoms with Crippen LogP contribution in [0.2, 0.25) is 5.82 Å². The van der Waals surface area contributed by atoms with Gasteiger partial charge < -0.3 is 16.2 Å². The Morgan fingerprint density at radius 3 is 1.59 bits per heavy atom. The van der Waals surface area contributed by atoms with Gasteiger partial charge in [0.25, 0.3) is 0 Å². The molecule has 148 valence electrons. The molecule has 0 aromatic carbocycles. The lowest BCUT2D eigenvalue weighted by atomic mass is 9.84. The second kappa shape index (κ2) is 11.6. The van der Waals surface area contributed by atoms with E-state index in [9.17, 15) is 0 Å². The molecule has 2 aromatic rings. The van der Waals surface area contributed by atoms with Gasteiger partial charge in [-0.15, -0.1) is 0 Å². The zero-order chi connectivity index (χ0) is 19.3. The molecule has 5 nitrogen and oxygen atoms in total. The molecular formula is C18H25BBr3N3O2. The van der Waals surface area contributed by atoms with Crippen molar-refractivity contribution in [3.05, 3.63) is 54.9 Å². The topological polar surface area (TPSA) is 101 Å². The maximum atomic E-state index is 8.25. The Morgan fingerprint density at radius 1 is 0.815 bits per heavy atom. The van der Waals surface area contributed by atoms with Gasteiger partial charge in [-0.25, -0.2) is 0 Å². The fourth-order valence-corrected chi connectivity index (χ4v) is 3.47. The molecule has 27 heavy (non-hydrogen) atoms. The molecule has 2 aliphatic rings. The number of halogens is 3. The van der Waals surface area contributed by atoms with Crippen molar-refractivity contribution in [2.45, 2.75) is 51.3 Å². The van der Waals surface area contributed by atoms with Crippen LogP contribution in [-0.2, 0) is 0 Å². The van der Waals surface area contributed by atoms with E-state index in [1.807, 2.05) is 19.3 Å². The molecular weight excluding hydrogens is 541 g/mol. The van der Waals surface area contributed by atoms with Crippen LogP contribution in [0, 0.1) is 13.8 Å². The average Bonchev–Trinajstić information content (AvgIpc) is 3.49. The van der Waals surface area contributed by atoms with E-state index in [-0.39, 0.29) is 12.0 Å². The maximum Gasteiger partial charge on any atom is 0.454 e. The number of nitrogens with zero attached hydrogens (tertiary/aromatic N) is 2. The van der Waals surface area contributed by atoms with E-state index in [4.69, 9.17) is 10.0 Å². The molecule has 0 saturated heterocycles. The Hall–Kier alpha value is -0.315. The summed E-state index contributed by atoms with van der Waals surface area (Å²) in [6.07, 6.45) is 12.1. The third-order valence-electron chi connectivity index (χ3n) is 4.35. The van der Waals surface area contributed by atoms with Crippen molar-refractivity contribution in [3.63, 3.8) is 0 Å². The van der Waals surface area contributed by atoms with E-state index < -0.39 is 7.12 Å². The second-order valence-electron chi connectivity index (χ2n) is 6.59. The molecule has 2 aliphatic carbocycles. The van der Waals surface area contributed by atoms with Crippen LogP contribution in [0.1, 0.15) is 48.3 Å². The molecule has 0 aliphatic heterocycles. The van der Waals surface area contributed by atoms with Gasteiger partial charge in [-0.1, -0.05) is 12.8 Å². The average molecular weight is 566 g/mol. The lowest BCUT2D eigenvalue weighted by molar-refractivity contribution is 0.403. The Labute approximate surface area is 186 Å². The van der Waals surface area contributed by atoms with Gasteiger partial charge >= 0.3 is 7.12 Å². The zero-order valence-electron chi connectivity index (χ0n) is 15.5. The van der Waals surface area contributed by atoms with Gasteiger partial charge in [0.15, 0.2) is 0 Å². The van der Waals surface area contributed by atoms with Gasteiger partial charge in [-0.2, -0.15) is 0 Å². The van der Waals surface area contributed by atoms with Crippen LogP contribution in [0.5, 0.6) is 0 Å². The Kier molecular flexibility index (Phi) is 10.6. The summed E-state index contributed by atoms with van der Waals surface area (Å²) in [7, 11) is -1.04. The summed E-state index contributed by atoms with van der Waals surface area (Å²) in [5.41, 5.74) is 3.98. The van der Waals surface area contributed by atoms with Crippen molar-refractivity contribution in [2.24, 2.45) is 0 Å². The largest absolute Gasteiger partial charge is 0.454 e. The van der Waals surface area contributed by atoms with E-state index in [1.165, 1.54) is 29.5 Å². The van der Waals surface area contributed by atoms with E-state index in [1.54, 1.807) is 12.4 Å². The molecule has 0 amide bonds. The van der Waals surface area contributed by atoms with Crippen molar-refractivity contribution >= 4 is 54.9 Å². The van der Waals surface area contributed by atoms with Gasteiger partial charge in [-0.05, 0) is 103 Å². The number of rotatable bonds is 2. The quantitative estimate of drug-likeness (QED) is 0.404. The Morgan fingerprint density at radius 2 is 1.26 bits per heavy atom. The number of hydrogen-bond acceptors (Lipinski definition) is 5. The van der Waals surface area contributed by atoms with Gasteiger partial charge in [0.2, 0.25) is 0 Å². The van der Waals surface area contributed by atoms with Crippen LogP contribution in [0.25, 0.3) is 0 Å². The first-order valence-electron chi connectivity index (χ1n) is 8.53. The highest BCUT2D eigenvalue weighted by atomic mass is 79.9. The van der Waals surface area contributed by atoms with E-state index >= 15 is 0 Å². The molecule has 0 atom stereocenters. The zero-order valence-corrected chi connectivity index (χ0v) is 20.3. The fourth-order valence-electron chi connectivity index (χ4n) is 2.19. The summed E-state index contributed by atoms with van der Waals surface area (Å²) in [4.78, 5) is 8.11. The van der Waals surface area contributed by atoms with Gasteiger partial charge in [-0.3, -0.25) is 9.97 Å². The van der Waals surface area contributed by atoms with Crippen molar-refractivity contribution in [1.29, 1.82) is 0 Å². The number of hydrogen-bond donors (Lipinski definition) is 3. The minimum absolute atomic E-state index is 0. The van der Waals surface area contributed by atoms with E-state index in [0.29, 0.717) is 0 Å². The summed E-state index contributed by atoms with van der Waals surface area (Å²) in [5.74, 6) is 1.02. The van der Waals surface area contributed by atoms with Crippen LogP contribution in [0.15, 0.2) is 38.2 Å². The third-order valence-corrected chi connectivity index (χ3v) is 6.74. The summed E-state index contributed by atoms with van der Waals surface area (Å²) in [5, 5.41) is 16.5. The highest BCUT2D eigenvalue weighted by Crippen LogP contribution is 2.42. The highest BCUT2D eigenvalue weighted by molar-refractivity contribution is 9.11. The molecule has 5 N–H and O–H groups in total. The van der Waals surface area contributed by atoms with Crippen molar-refractivity contribution in [2.75, 3.05) is 0 Å². The first-order chi connectivity index (χ1) is 12.3. The molecule has 0 radical (unpaired) electrons. The van der Waals surface area contributed by atoms with Crippen molar-refractivity contribution in [1.82, 2.24) is 16.1 Å². The number of aromatic nitrogens is 2. The minimum atomic E-state index is -1.04. The number of pyridine rings is 2. The minimum Gasteiger partial charge on any atom is -0.427 e. The van der Waals surface area contributed by atoms with Crippen LogP contribution in [0.3, 0.4) is 0 Å².